The maximum absolute atomic E-state index is 13.5. The number of rotatable bonds is 7. The first-order valence-electron chi connectivity index (χ1n) is 10.9. The second-order valence-corrected chi connectivity index (χ2v) is 7.96. The average Bonchev–Trinajstić information content (AvgIpc) is 3.53. The molecular formula is C25H22FN7O. The van der Waals surface area contributed by atoms with Crippen molar-refractivity contribution in [3.05, 3.63) is 90.0 Å². The lowest BCUT2D eigenvalue weighted by Crippen LogP contribution is -2.24. The fourth-order valence-electron chi connectivity index (χ4n) is 3.67. The smallest absolute Gasteiger partial charge is 0.251 e. The van der Waals surface area contributed by atoms with Crippen LogP contribution in [0.1, 0.15) is 28.2 Å². The quantitative estimate of drug-likeness (QED) is 0.361. The zero-order valence-electron chi connectivity index (χ0n) is 18.5. The van der Waals surface area contributed by atoms with E-state index in [1.807, 2.05) is 13.1 Å². The summed E-state index contributed by atoms with van der Waals surface area (Å²) in [4.78, 5) is 29.5. The molecule has 2 N–H and O–H groups in total. The highest BCUT2D eigenvalue weighted by atomic mass is 19.1. The monoisotopic (exact) mass is 455 g/mol. The average molecular weight is 455 g/mol. The molecule has 1 amide bonds. The van der Waals surface area contributed by atoms with E-state index in [9.17, 15) is 9.18 Å². The summed E-state index contributed by atoms with van der Waals surface area (Å²) < 4.78 is 15.2. The van der Waals surface area contributed by atoms with Crippen LogP contribution in [0, 0.1) is 12.7 Å². The van der Waals surface area contributed by atoms with Gasteiger partial charge in [0.1, 0.15) is 17.3 Å². The number of carbonyl (C=O) groups is 1. The van der Waals surface area contributed by atoms with Crippen LogP contribution in [0.2, 0.25) is 0 Å². The Labute approximate surface area is 194 Å². The van der Waals surface area contributed by atoms with Crippen LogP contribution in [0.4, 0.5) is 4.39 Å². The van der Waals surface area contributed by atoms with Crippen molar-refractivity contribution in [3.63, 3.8) is 0 Å². The van der Waals surface area contributed by atoms with E-state index in [2.05, 4.69) is 20.4 Å². The molecule has 9 heteroatoms. The van der Waals surface area contributed by atoms with Crippen LogP contribution in [0.3, 0.4) is 0 Å². The second-order valence-electron chi connectivity index (χ2n) is 7.96. The number of aromatic amines is 1. The summed E-state index contributed by atoms with van der Waals surface area (Å²) >= 11 is 0. The number of fused-ring (bicyclic) bond motifs is 1. The molecule has 3 aromatic heterocycles. The zero-order valence-corrected chi connectivity index (χ0v) is 18.5. The van der Waals surface area contributed by atoms with E-state index in [0.29, 0.717) is 40.2 Å². The fourth-order valence-corrected chi connectivity index (χ4v) is 3.67. The van der Waals surface area contributed by atoms with Crippen LogP contribution in [0.5, 0.6) is 0 Å². The maximum atomic E-state index is 13.5. The molecule has 34 heavy (non-hydrogen) atoms. The number of nitrogens with one attached hydrogen (secondary N) is 2. The van der Waals surface area contributed by atoms with Crippen LogP contribution in [-0.4, -0.2) is 42.2 Å². The Morgan fingerprint density at radius 2 is 1.97 bits per heavy atom. The van der Waals surface area contributed by atoms with Crippen LogP contribution < -0.4 is 5.32 Å². The number of carbonyl (C=O) groups excluding carboxylic acids is 1. The number of nitrogens with zero attached hydrogens (tertiary/aromatic N) is 5. The van der Waals surface area contributed by atoms with Crippen molar-refractivity contribution < 1.29 is 9.18 Å². The minimum absolute atomic E-state index is 0.182. The molecule has 0 atom stereocenters. The Kier molecular flexibility index (Phi) is 5.82. The Hall–Kier alpha value is -4.40. The van der Waals surface area contributed by atoms with E-state index in [4.69, 9.17) is 9.97 Å². The molecule has 3 heterocycles. The molecule has 0 spiro atoms. The lowest BCUT2D eigenvalue weighted by atomic mass is 10.1. The number of aromatic nitrogens is 6. The maximum Gasteiger partial charge on any atom is 0.251 e. The van der Waals surface area contributed by atoms with Gasteiger partial charge in [-0.15, -0.1) is 0 Å². The van der Waals surface area contributed by atoms with Crippen LogP contribution in [0.25, 0.3) is 28.1 Å². The first-order chi connectivity index (χ1) is 16.6. The van der Waals surface area contributed by atoms with E-state index in [1.165, 1.54) is 12.1 Å². The van der Waals surface area contributed by atoms with Crippen molar-refractivity contribution in [2.24, 2.45) is 0 Å². The molecule has 5 rings (SSSR count). The van der Waals surface area contributed by atoms with E-state index in [0.717, 1.165) is 24.2 Å². The van der Waals surface area contributed by atoms with Gasteiger partial charge < -0.3 is 10.3 Å². The standard InChI is InChI=1S/C25H22FN7O/c1-16-14-30-33(15-16)24-23(17-4-7-19(26)8-5-17)31-21-13-18(6-9-20(21)32-24)25(34)29-10-2-3-22-27-11-12-28-22/h4-9,11-15H,2-3,10H2,1H3,(H,27,28)(H,29,34). The third-order valence-electron chi connectivity index (χ3n) is 5.39. The first kappa shape index (κ1) is 21.4. The van der Waals surface area contributed by atoms with Crippen molar-refractivity contribution in [3.8, 4) is 17.1 Å². The molecule has 0 radical (unpaired) electrons. The number of hydrogen-bond donors (Lipinski definition) is 2. The topological polar surface area (TPSA) is 101 Å². The van der Waals surface area contributed by atoms with E-state index in [1.54, 1.807) is 53.6 Å². The first-order valence-corrected chi connectivity index (χ1v) is 10.9. The zero-order chi connectivity index (χ0) is 23.5. The van der Waals surface area contributed by atoms with Gasteiger partial charge >= 0.3 is 0 Å². The Morgan fingerprint density at radius 3 is 2.71 bits per heavy atom. The van der Waals surface area contributed by atoms with Crippen LogP contribution in [-0.2, 0) is 6.42 Å². The third kappa shape index (κ3) is 4.54. The predicted octanol–water partition coefficient (Wildman–Crippen LogP) is 4.02. The summed E-state index contributed by atoms with van der Waals surface area (Å²) in [6.45, 7) is 2.47. The number of benzene rings is 2. The van der Waals surface area contributed by atoms with Gasteiger partial charge in [-0.2, -0.15) is 5.10 Å². The van der Waals surface area contributed by atoms with E-state index < -0.39 is 0 Å². The fraction of sp³-hybridized carbons (Fsp3) is 0.160. The Morgan fingerprint density at radius 1 is 1.12 bits per heavy atom. The summed E-state index contributed by atoms with van der Waals surface area (Å²) in [5, 5.41) is 7.31. The van der Waals surface area contributed by atoms with Crippen molar-refractivity contribution in [2.75, 3.05) is 6.54 Å². The Bertz CT molecular complexity index is 1440. The van der Waals surface area contributed by atoms with Gasteiger partial charge in [-0.05, 0) is 61.4 Å². The van der Waals surface area contributed by atoms with Gasteiger partial charge in [-0.25, -0.2) is 24.0 Å². The number of imidazole rings is 1. The second kappa shape index (κ2) is 9.22. The molecule has 0 unspecified atom stereocenters. The molecule has 0 saturated heterocycles. The Balaban J connectivity index is 1.44. The van der Waals surface area contributed by atoms with Crippen LogP contribution >= 0.6 is 0 Å². The van der Waals surface area contributed by atoms with Gasteiger partial charge in [-0.3, -0.25) is 4.79 Å². The summed E-state index contributed by atoms with van der Waals surface area (Å²) in [5.41, 5.74) is 3.91. The van der Waals surface area contributed by atoms with Crippen molar-refractivity contribution in [1.82, 2.24) is 35.0 Å². The van der Waals surface area contributed by atoms with Gasteiger partial charge in [0.25, 0.3) is 5.91 Å². The number of halogens is 1. The number of hydrogen-bond acceptors (Lipinski definition) is 5. The summed E-state index contributed by atoms with van der Waals surface area (Å²) in [6.07, 6.45) is 8.61. The number of H-pyrrole nitrogens is 1. The molecular weight excluding hydrogens is 433 g/mol. The molecule has 170 valence electrons. The van der Waals surface area contributed by atoms with Crippen molar-refractivity contribution in [2.45, 2.75) is 19.8 Å². The largest absolute Gasteiger partial charge is 0.352 e. The normalized spacial score (nSPS) is 11.1. The van der Waals surface area contributed by atoms with Gasteiger partial charge in [0.15, 0.2) is 5.82 Å². The third-order valence-corrected chi connectivity index (χ3v) is 5.39. The molecule has 0 aliphatic rings. The highest BCUT2D eigenvalue weighted by Crippen LogP contribution is 2.27. The molecule has 0 bridgehead atoms. The lowest BCUT2D eigenvalue weighted by molar-refractivity contribution is 0.0953. The minimum Gasteiger partial charge on any atom is -0.352 e. The number of aryl methyl sites for hydroxylation is 2. The van der Waals surface area contributed by atoms with Gasteiger partial charge in [0.05, 0.1) is 17.2 Å². The molecule has 0 saturated carbocycles. The van der Waals surface area contributed by atoms with Gasteiger partial charge in [0, 0.05) is 42.7 Å². The highest BCUT2D eigenvalue weighted by molar-refractivity contribution is 5.97. The molecule has 0 fully saturated rings. The van der Waals surface area contributed by atoms with Gasteiger partial charge in [0.2, 0.25) is 0 Å². The summed E-state index contributed by atoms with van der Waals surface area (Å²) in [5.74, 6) is 0.910. The highest BCUT2D eigenvalue weighted by Gasteiger charge is 2.16. The molecule has 2 aromatic carbocycles. The SMILES string of the molecule is Cc1cnn(-c2nc3ccc(C(=O)NCCCc4ncc[nH]4)cc3nc2-c2ccc(F)cc2)c1. The molecule has 0 aliphatic carbocycles. The van der Waals surface area contributed by atoms with Crippen molar-refractivity contribution >= 4 is 16.9 Å². The van der Waals surface area contributed by atoms with Crippen molar-refractivity contribution in [1.29, 1.82) is 0 Å². The van der Waals surface area contributed by atoms with Gasteiger partial charge in [-0.1, -0.05) is 0 Å². The minimum atomic E-state index is -0.333. The summed E-state index contributed by atoms with van der Waals surface area (Å²) in [6, 6.07) is 11.3. The van der Waals surface area contributed by atoms with E-state index >= 15 is 0 Å². The molecule has 8 nitrogen and oxygen atoms in total. The lowest BCUT2D eigenvalue weighted by Gasteiger charge is -2.11. The van der Waals surface area contributed by atoms with E-state index in [-0.39, 0.29) is 11.7 Å². The predicted molar refractivity (Wildman–Crippen MR) is 126 cm³/mol. The number of amides is 1. The van der Waals surface area contributed by atoms with Crippen LogP contribution in [0.15, 0.2) is 67.3 Å². The molecule has 5 aromatic rings. The molecule has 0 aliphatic heterocycles. The summed E-state index contributed by atoms with van der Waals surface area (Å²) in [7, 11) is 0.